The van der Waals surface area contributed by atoms with Gasteiger partial charge in [0.2, 0.25) is 11.8 Å². The SMILES string of the molecule is CC(=O)OC[C@H]1O[C@@H](n2c(Br)nc3c(OC(C)(C)C)nc(N(C(=O)OC(C)(C)C)C(=O)OC(C)(C)C)nc32)[C@H](OC(C)=O)[C@@H]1OC(C)=O. The lowest BCUT2D eigenvalue weighted by Crippen LogP contribution is -2.44. The number of ether oxygens (including phenoxy) is 7. The summed E-state index contributed by atoms with van der Waals surface area (Å²) in [5, 5.41) is 0. The second-order valence-electron chi connectivity index (χ2n) is 13.8. The van der Waals surface area contributed by atoms with Crippen molar-refractivity contribution in [2.75, 3.05) is 11.5 Å². The topological polar surface area (TPSA) is 197 Å². The van der Waals surface area contributed by atoms with Crippen LogP contribution in [0.5, 0.6) is 5.88 Å². The zero-order valence-corrected chi connectivity index (χ0v) is 30.6. The van der Waals surface area contributed by atoms with E-state index in [9.17, 15) is 24.0 Å². The Morgan fingerprint density at radius 1 is 0.771 bits per heavy atom. The minimum absolute atomic E-state index is 0.0477. The molecule has 17 nitrogen and oxygen atoms in total. The largest absolute Gasteiger partial charge is 0.470 e. The summed E-state index contributed by atoms with van der Waals surface area (Å²) in [5.41, 5.74) is -2.95. The van der Waals surface area contributed by atoms with Gasteiger partial charge >= 0.3 is 30.1 Å². The molecule has 3 heterocycles. The van der Waals surface area contributed by atoms with Gasteiger partial charge < -0.3 is 33.2 Å². The highest BCUT2D eigenvalue weighted by molar-refractivity contribution is 9.10. The Bertz CT molecular complexity index is 1540. The maximum Gasteiger partial charge on any atom is 0.427 e. The van der Waals surface area contributed by atoms with Crippen molar-refractivity contribution in [2.45, 2.75) is 124 Å². The summed E-state index contributed by atoms with van der Waals surface area (Å²) in [4.78, 5) is 77.1. The molecule has 0 N–H and O–H groups in total. The van der Waals surface area contributed by atoms with Crippen LogP contribution in [0, 0.1) is 0 Å². The minimum atomic E-state index is -1.32. The summed E-state index contributed by atoms with van der Waals surface area (Å²) < 4.78 is 41.0. The van der Waals surface area contributed by atoms with Crippen LogP contribution >= 0.6 is 15.9 Å². The first kappa shape index (κ1) is 38.4. The van der Waals surface area contributed by atoms with Gasteiger partial charge in [-0.2, -0.15) is 9.97 Å². The van der Waals surface area contributed by atoms with Crippen molar-refractivity contribution in [3.8, 4) is 5.88 Å². The van der Waals surface area contributed by atoms with Gasteiger partial charge in [0.25, 0.3) is 0 Å². The summed E-state index contributed by atoms with van der Waals surface area (Å²) in [5.74, 6) is -2.75. The third-order valence-corrected chi connectivity index (χ3v) is 6.36. The van der Waals surface area contributed by atoms with Crippen molar-refractivity contribution in [3.63, 3.8) is 0 Å². The number of amides is 2. The van der Waals surface area contributed by atoms with E-state index in [1.807, 2.05) is 0 Å². The molecule has 2 aromatic rings. The lowest BCUT2D eigenvalue weighted by Gasteiger charge is -2.28. The van der Waals surface area contributed by atoms with E-state index in [0.717, 1.165) is 13.8 Å². The van der Waals surface area contributed by atoms with E-state index in [2.05, 4.69) is 30.9 Å². The lowest BCUT2D eigenvalue weighted by molar-refractivity contribution is -0.166. The molecule has 2 amide bonds. The molecule has 0 aromatic carbocycles. The number of nitrogens with zero attached hydrogens (tertiary/aromatic N) is 5. The molecule has 0 saturated carbocycles. The second-order valence-corrected chi connectivity index (χ2v) is 14.5. The van der Waals surface area contributed by atoms with Gasteiger partial charge in [-0.15, -0.1) is 4.90 Å². The van der Waals surface area contributed by atoms with Gasteiger partial charge in [-0.3, -0.25) is 19.0 Å². The highest BCUT2D eigenvalue weighted by atomic mass is 79.9. The van der Waals surface area contributed by atoms with Crippen molar-refractivity contribution in [2.24, 2.45) is 0 Å². The number of aromatic nitrogens is 4. The van der Waals surface area contributed by atoms with Crippen LogP contribution < -0.4 is 9.64 Å². The first-order valence-electron chi connectivity index (χ1n) is 14.9. The predicted molar refractivity (Wildman–Crippen MR) is 170 cm³/mol. The first-order chi connectivity index (χ1) is 21.9. The molecule has 1 saturated heterocycles. The Labute approximate surface area is 286 Å². The molecule has 0 bridgehead atoms. The third kappa shape index (κ3) is 9.98. The van der Waals surface area contributed by atoms with Gasteiger partial charge in [-0.25, -0.2) is 14.6 Å². The van der Waals surface area contributed by atoms with Crippen molar-refractivity contribution in [1.82, 2.24) is 19.5 Å². The van der Waals surface area contributed by atoms with Crippen LogP contribution in [0.15, 0.2) is 4.73 Å². The fraction of sp³-hybridized carbons (Fsp3) is 0.667. The zero-order chi connectivity index (χ0) is 36.5. The Morgan fingerprint density at radius 2 is 1.29 bits per heavy atom. The average Bonchev–Trinajstić information content (AvgIpc) is 3.35. The molecule has 0 unspecified atom stereocenters. The number of hydrogen-bond acceptors (Lipinski definition) is 15. The van der Waals surface area contributed by atoms with Crippen molar-refractivity contribution < 1.29 is 57.1 Å². The van der Waals surface area contributed by atoms with Gasteiger partial charge in [-0.05, 0) is 78.2 Å². The number of rotatable bonds is 7. The fourth-order valence-corrected chi connectivity index (χ4v) is 4.90. The first-order valence-corrected chi connectivity index (χ1v) is 15.7. The molecule has 1 aliphatic heterocycles. The molecule has 18 heteroatoms. The van der Waals surface area contributed by atoms with Crippen LogP contribution in [0.4, 0.5) is 15.5 Å². The molecule has 0 aliphatic carbocycles. The van der Waals surface area contributed by atoms with E-state index in [-0.39, 0.29) is 28.4 Å². The number of fused-ring (bicyclic) bond motifs is 1. The lowest BCUT2D eigenvalue weighted by atomic mass is 10.1. The van der Waals surface area contributed by atoms with Crippen LogP contribution in [0.25, 0.3) is 11.2 Å². The van der Waals surface area contributed by atoms with Crippen LogP contribution in [0.1, 0.15) is 89.3 Å². The molecule has 0 radical (unpaired) electrons. The molecular formula is C30H42BrN5O12. The van der Waals surface area contributed by atoms with Crippen molar-refractivity contribution in [3.05, 3.63) is 4.73 Å². The van der Waals surface area contributed by atoms with E-state index in [4.69, 9.17) is 33.2 Å². The number of imidazole rings is 1. The molecule has 1 aliphatic rings. The third-order valence-electron chi connectivity index (χ3n) is 5.80. The zero-order valence-electron chi connectivity index (χ0n) is 29.0. The van der Waals surface area contributed by atoms with Crippen LogP contribution in [0.3, 0.4) is 0 Å². The Hall–Kier alpha value is -4.06. The Morgan fingerprint density at radius 3 is 1.75 bits per heavy atom. The quantitative estimate of drug-likeness (QED) is 0.213. The second kappa shape index (κ2) is 14.2. The minimum Gasteiger partial charge on any atom is -0.470 e. The predicted octanol–water partition coefficient (Wildman–Crippen LogP) is 4.77. The molecule has 0 spiro atoms. The maximum absolute atomic E-state index is 13.5. The van der Waals surface area contributed by atoms with E-state index in [1.165, 1.54) is 11.5 Å². The van der Waals surface area contributed by atoms with Gasteiger partial charge in [0.15, 0.2) is 34.3 Å². The van der Waals surface area contributed by atoms with E-state index < -0.39 is 77.4 Å². The highest BCUT2D eigenvalue weighted by Crippen LogP contribution is 2.40. The van der Waals surface area contributed by atoms with Crippen molar-refractivity contribution in [1.29, 1.82) is 0 Å². The van der Waals surface area contributed by atoms with Crippen LogP contribution in [-0.2, 0) is 42.8 Å². The standard InChI is InChI=1S/C30H42BrN5O12/c1-14(37)42-13-17-19(43-15(2)38)20(44-16(3)39)23(45-17)35-21-18(32-24(35)31)22(46-28(4,5)6)34-25(33-21)36(26(40)47-29(7,8)9)27(41)48-30(10,11)12/h17,19-20,23H,13H2,1-12H3/t17-,19-,20-,23-/m1/s1. The van der Waals surface area contributed by atoms with E-state index in [1.54, 1.807) is 62.3 Å². The average molecular weight is 745 g/mol. The number of carbonyl (C=O) groups excluding carboxylic acids is 5. The smallest absolute Gasteiger partial charge is 0.427 e. The summed E-state index contributed by atoms with van der Waals surface area (Å²) in [6, 6.07) is 0. The Kier molecular flexibility index (Phi) is 11.4. The van der Waals surface area contributed by atoms with Gasteiger partial charge in [-0.1, -0.05) is 0 Å². The number of halogens is 1. The van der Waals surface area contributed by atoms with E-state index in [0.29, 0.717) is 4.90 Å². The number of anilines is 1. The molecule has 266 valence electrons. The number of carbonyl (C=O) groups is 5. The summed E-state index contributed by atoms with van der Waals surface area (Å²) in [6.45, 7) is 18.0. The highest BCUT2D eigenvalue weighted by Gasteiger charge is 2.52. The van der Waals surface area contributed by atoms with Gasteiger partial charge in [0.1, 0.15) is 29.5 Å². The molecule has 1 fully saturated rings. The van der Waals surface area contributed by atoms with Crippen LogP contribution in [0.2, 0.25) is 0 Å². The van der Waals surface area contributed by atoms with E-state index >= 15 is 0 Å². The summed E-state index contributed by atoms with van der Waals surface area (Å²) >= 11 is 3.40. The normalized spacial score (nSPS) is 19.8. The number of imide groups is 1. The maximum atomic E-state index is 13.5. The van der Waals surface area contributed by atoms with Crippen LogP contribution in [-0.4, -0.2) is 91.3 Å². The Balaban J connectivity index is 2.35. The van der Waals surface area contributed by atoms with Gasteiger partial charge in [0.05, 0.1) is 0 Å². The molecule has 48 heavy (non-hydrogen) atoms. The van der Waals surface area contributed by atoms with Gasteiger partial charge in [0, 0.05) is 20.8 Å². The fourth-order valence-electron chi connectivity index (χ4n) is 4.35. The number of esters is 3. The molecule has 4 atom stereocenters. The summed E-state index contributed by atoms with van der Waals surface area (Å²) in [7, 11) is 0. The molecule has 3 rings (SSSR count). The monoisotopic (exact) mass is 743 g/mol. The molecular weight excluding hydrogens is 702 g/mol. The molecule has 2 aromatic heterocycles. The number of hydrogen-bond donors (Lipinski definition) is 0. The van der Waals surface area contributed by atoms with Crippen molar-refractivity contribution >= 4 is 63.1 Å². The summed E-state index contributed by atoms with van der Waals surface area (Å²) in [6.07, 6.45) is -7.28.